The number of alkyl halides is 9. The summed E-state index contributed by atoms with van der Waals surface area (Å²) in [4.78, 5) is 36.2. The van der Waals surface area contributed by atoms with Crippen molar-refractivity contribution in [3.8, 4) is 0 Å². The molecule has 2 aromatic heterocycles. The molecule has 10 nitrogen and oxygen atoms in total. The zero-order valence-electron chi connectivity index (χ0n) is 22.1. The first kappa shape index (κ1) is 37.2. The van der Waals surface area contributed by atoms with Crippen molar-refractivity contribution < 1.29 is 73.6 Å². The smallest absolute Gasteiger partial charge is 0.475 e. The number of carboxylic acids is 3. The van der Waals surface area contributed by atoms with Gasteiger partial charge in [0.25, 0.3) is 0 Å². The minimum absolute atomic E-state index is 0.682. The van der Waals surface area contributed by atoms with E-state index in [1.807, 2.05) is 25.4 Å². The second kappa shape index (κ2) is 15.6. The van der Waals surface area contributed by atoms with Gasteiger partial charge in [0.1, 0.15) is 11.5 Å². The molecule has 2 aliphatic heterocycles. The van der Waals surface area contributed by atoms with Crippen LogP contribution < -0.4 is 0 Å². The van der Waals surface area contributed by atoms with Gasteiger partial charge in [0.15, 0.2) is 0 Å². The number of fused-ring (bicyclic) bond motifs is 1. The number of nitrogens with zero attached hydrogens (tertiary/aromatic N) is 3. The third-order valence-corrected chi connectivity index (χ3v) is 5.80. The van der Waals surface area contributed by atoms with E-state index in [9.17, 15) is 39.5 Å². The summed E-state index contributed by atoms with van der Waals surface area (Å²) in [7, 11) is 0. The highest BCUT2D eigenvalue weighted by atomic mass is 19.4. The maximum absolute atomic E-state index is 10.6. The van der Waals surface area contributed by atoms with E-state index >= 15 is 0 Å². The third kappa shape index (κ3) is 13.3. The van der Waals surface area contributed by atoms with E-state index in [1.54, 1.807) is 0 Å². The Morgan fingerprint density at radius 3 is 1.53 bits per heavy atom. The average Bonchev–Trinajstić information content (AvgIpc) is 3.58. The summed E-state index contributed by atoms with van der Waals surface area (Å²) in [6.45, 7) is 6.37. The van der Waals surface area contributed by atoms with Crippen molar-refractivity contribution in [1.82, 2.24) is 14.8 Å². The van der Waals surface area contributed by atoms with Gasteiger partial charge < -0.3 is 19.7 Å². The molecule has 2 atom stereocenters. The van der Waals surface area contributed by atoms with Crippen LogP contribution in [0, 0.1) is 6.92 Å². The van der Waals surface area contributed by atoms with E-state index in [2.05, 4.69) is 33.0 Å². The first-order valence-electron chi connectivity index (χ1n) is 12.0. The van der Waals surface area contributed by atoms with Crippen molar-refractivity contribution >= 4 is 17.9 Å². The highest BCUT2D eigenvalue weighted by molar-refractivity contribution is 5.73. The van der Waals surface area contributed by atoms with Crippen molar-refractivity contribution in [2.45, 2.75) is 63.5 Å². The molecule has 2 aliphatic rings. The quantitative estimate of drug-likeness (QED) is 0.402. The number of carboxylic acid groups (broad SMARTS) is 3. The number of likely N-dealkylation sites (tertiary alicyclic amines) is 2. The summed E-state index contributed by atoms with van der Waals surface area (Å²) in [6, 6.07) is 9.76. The van der Waals surface area contributed by atoms with E-state index in [0.29, 0.717) is 12.1 Å². The minimum Gasteiger partial charge on any atom is -0.475 e. The summed E-state index contributed by atoms with van der Waals surface area (Å²) < 4.78 is 101. The van der Waals surface area contributed by atoms with Gasteiger partial charge in [-0.2, -0.15) is 39.5 Å². The van der Waals surface area contributed by atoms with Crippen molar-refractivity contribution in [2.24, 2.45) is 0 Å². The predicted molar refractivity (Wildman–Crippen MR) is 126 cm³/mol. The predicted octanol–water partition coefficient (Wildman–Crippen LogP) is 4.73. The van der Waals surface area contributed by atoms with Crippen LogP contribution in [-0.2, 0) is 27.5 Å². The number of aromatic nitrogens is 1. The van der Waals surface area contributed by atoms with Crippen LogP contribution in [0.2, 0.25) is 0 Å². The Morgan fingerprint density at radius 2 is 1.21 bits per heavy atom. The number of hydrogen-bond acceptors (Lipinski definition) is 7. The van der Waals surface area contributed by atoms with Gasteiger partial charge >= 0.3 is 36.4 Å². The average molecular weight is 639 g/mol. The molecule has 2 aromatic rings. The zero-order chi connectivity index (χ0) is 33.2. The van der Waals surface area contributed by atoms with Crippen LogP contribution in [0.5, 0.6) is 0 Å². The Morgan fingerprint density at radius 1 is 0.791 bits per heavy atom. The summed E-state index contributed by atoms with van der Waals surface area (Å²) in [5, 5.41) is 21.4. The Kier molecular flexibility index (Phi) is 13.4. The number of rotatable bonds is 4. The van der Waals surface area contributed by atoms with Crippen LogP contribution in [0.1, 0.15) is 29.9 Å². The molecule has 0 spiro atoms. The maximum atomic E-state index is 10.6. The first-order chi connectivity index (χ1) is 19.6. The Balaban J connectivity index is 0.000000363. The number of hydrogen-bond donors (Lipinski definition) is 3. The molecule has 3 N–H and O–H groups in total. The van der Waals surface area contributed by atoms with E-state index in [4.69, 9.17) is 34.1 Å². The standard InChI is InChI=1S/C18H23N3O.3C2HF3O2/c1-14-4-5-16(22-14)13-21-10-7-17-18(21)6-9-20(17)12-15-3-2-8-19-11-15;3*3-2(4,5)1(6)7/h2-5,8,11,17-18H,6-7,9-10,12-13H2,1H3;3*(H,6,7)/t17-,18+;;;/m1.../s1. The molecule has 0 saturated carbocycles. The van der Waals surface area contributed by atoms with Crippen LogP contribution >= 0.6 is 0 Å². The number of furan rings is 1. The van der Waals surface area contributed by atoms with Crippen molar-refractivity contribution in [3.05, 3.63) is 53.7 Å². The molecule has 0 amide bonds. The number of aryl methyl sites for hydroxylation is 1. The lowest BCUT2D eigenvalue weighted by molar-refractivity contribution is -0.193. The minimum atomic E-state index is -5.08. The second-order valence-corrected chi connectivity index (χ2v) is 8.94. The highest BCUT2D eigenvalue weighted by Gasteiger charge is 2.42. The second-order valence-electron chi connectivity index (χ2n) is 8.94. The molecular weight excluding hydrogens is 613 g/mol. The van der Waals surface area contributed by atoms with Gasteiger partial charge in [0, 0.05) is 44.1 Å². The van der Waals surface area contributed by atoms with Crippen LogP contribution in [0.4, 0.5) is 39.5 Å². The molecule has 4 rings (SSSR count). The van der Waals surface area contributed by atoms with Gasteiger partial charge in [-0.25, -0.2) is 14.4 Å². The molecule has 2 saturated heterocycles. The topological polar surface area (TPSA) is 144 Å². The molecule has 0 aliphatic carbocycles. The number of halogens is 9. The molecule has 0 radical (unpaired) electrons. The van der Waals surface area contributed by atoms with Crippen molar-refractivity contribution in [2.75, 3.05) is 13.1 Å². The third-order valence-electron chi connectivity index (χ3n) is 5.80. The fourth-order valence-corrected chi connectivity index (χ4v) is 4.05. The largest absolute Gasteiger partial charge is 0.490 e. The summed E-state index contributed by atoms with van der Waals surface area (Å²) in [5.41, 5.74) is 1.32. The molecular formula is C24H26F9N3O7. The molecule has 0 bridgehead atoms. The van der Waals surface area contributed by atoms with E-state index < -0.39 is 36.4 Å². The molecule has 43 heavy (non-hydrogen) atoms. The van der Waals surface area contributed by atoms with Crippen molar-refractivity contribution in [1.29, 1.82) is 0 Å². The van der Waals surface area contributed by atoms with Gasteiger partial charge in [0.05, 0.1) is 6.54 Å². The van der Waals surface area contributed by atoms with Crippen LogP contribution in [-0.4, -0.2) is 91.7 Å². The van der Waals surface area contributed by atoms with E-state index in [-0.39, 0.29) is 0 Å². The van der Waals surface area contributed by atoms with Crippen LogP contribution in [0.3, 0.4) is 0 Å². The van der Waals surface area contributed by atoms with Gasteiger partial charge in [-0.05, 0) is 43.5 Å². The summed E-state index contributed by atoms with van der Waals surface area (Å²) in [6.07, 6.45) is -8.88. The van der Waals surface area contributed by atoms with Crippen molar-refractivity contribution in [3.63, 3.8) is 0 Å². The summed E-state index contributed by atoms with van der Waals surface area (Å²) in [5.74, 6) is -6.16. The van der Waals surface area contributed by atoms with Crippen LogP contribution in [0.25, 0.3) is 0 Å². The number of pyridine rings is 1. The Labute approximate surface area is 237 Å². The van der Waals surface area contributed by atoms with Gasteiger partial charge in [-0.1, -0.05) is 6.07 Å². The molecule has 19 heteroatoms. The number of carbonyl (C=O) groups is 3. The van der Waals surface area contributed by atoms with Gasteiger partial charge in [-0.3, -0.25) is 14.8 Å². The normalized spacial score (nSPS) is 18.7. The number of aliphatic carboxylic acids is 3. The lowest BCUT2D eigenvalue weighted by Crippen LogP contribution is -2.35. The molecule has 0 aromatic carbocycles. The molecule has 4 heterocycles. The fraction of sp³-hybridized carbons (Fsp3) is 0.500. The zero-order valence-corrected chi connectivity index (χ0v) is 22.1. The lowest BCUT2D eigenvalue weighted by Gasteiger charge is -2.25. The Hall–Kier alpha value is -3.87. The molecule has 2 fully saturated rings. The van der Waals surface area contributed by atoms with Gasteiger partial charge in [0.2, 0.25) is 0 Å². The first-order valence-corrected chi connectivity index (χ1v) is 12.0. The van der Waals surface area contributed by atoms with E-state index in [0.717, 1.165) is 24.6 Å². The monoisotopic (exact) mass is 639 g/mol. The molecule has 242 valence electrons. The van der Waals surface area contributed by atoms with E-state index in [1.165, 1.54) is 31.5 Å². The molecule has 0 unspecified atom stereocenters. The lowest BCUT2D eigenvalue weighted by atomic mass is 10.1. The maximum Gasteiger partial charge on any atom is 0.490 e. The Bertz CT molecular complexity index is 1130. The van der Waals surface area contributed by atoms with Crippen LogP contribution in [0.15, 0.2) is 41.1 Å². The SMILES string of the molecule is Cc1ccc(CN2CC[C@@H]3[C@@H]2CCN3Cc2cccnc2)o1.O=C(O)C(F)(F)F.O=C(O)C(F)(F)F.O=C(O)C(F)(F)F. The fourth-order valence-electron chi connectivity index (χ4n) is 4.05. The highest BCUT2D eigenvalue weighted by Crippen LogP contribution is 2.33. The van der Waals surface area contributed by atoms with Gasteiger partial charge in [-0.15, -0.1) is 0 Å². The summed E-state index contributed by atoms with van der Waals surface area (Å²) >= 11 is 0.